The lowest BCUT2D eigenvalue weighted by molar-refractivity contribution is -0.136. The Morgan fingerprint density at radius 3 is 1.65 bits per heavy atom. The van der Waals surface area contributed by atoms with Gasteiger partial charge in [-0.05, 0) is 110 Å². The number of rotatable bonds is 23. The van der Waals surface area contributed by atoms with E-state index in [-0.39, 0.29) is 77.0 Å². The van der Waals surface area contributed by atoms with Crippen LogP contribution in [0.2, 0.25) is 0 Å². The third-order valence-electron chi connectivity index (χ3n) is 11.9. The van der Waals surface area contributed by atoms with Gasteiger partial charge in [-0.3, -0.25) is 47.9 Å². The van der Waals surface area contributed by atoms with Crippen molar-refractivity contribution in [2.75, 3.05) is 46.3 Å². The van der Waals surface area contributed by atoms with Crippen LogP contribution in [0.1, 0.15) is 84.6 Å². The number of benzene rings is 1. The molecule has 0 bridgehead atoms. The van der Waals surface area contributed by atoms with Gasteiger partial charge in [0.05, 0.1) is 12.2 Å². The number of carbonyl (C=O) groups is 10. The van der Waals surface area contributed by atoms with Gasteiger partial charge < -0.3 is 91.6 Å². The minimum Gasteiger partial charge on any atom is -0.391 e. The predicted octanol–water partition coefficient (Wildman–Crippen LogP) is -6.69. The maximum absolute atomic E-state index is 14.4. The summed E-state index contributed by atoms with van der Waals surface area (Å²) >= 11 is 0. The molecule has 1 heterocycles. The Morgan fingerprint density at radius 1 is 0.640 bits per heavy atom. The molecule has 422 valence electrons. The molecule has 1 aliphatic heterocycles. The third-order valence-corrected chi connectivity index (χ3v) is 11.9. The largest absolute Gasteiger partial charge is 0.391 e. The number of nitrogens with two attached hydrogens (primary N) is 4. The second-order valence-corrected chi connectivity index (χ2v) is 18.9. The number of nitrogens with one attached hydrogen (secondary N) is 11. The Balaban J connectivity index is 2.73. The minimum atomic E-state index is -1.66. The SMILES string of the molecule is CNCCCC(=O)N[C@H](C(=O)N[C@@H](CCN)C(=O)N[C@H]1CCNC(=O)[C@H](C(C)O)NC(=O)[C@H](CCN)NC(=O)[C@H](CCN)NC(=O)[C@H](CC(C)C)NC(=O)[C@@H](Cc2ccccc2)NC(=O)[C@H](CCN)NC1=O)C(C)O. The average molecular weight is 1060 g/mol. The fourth-order valence-corrected chi connectivity index (χ4v) is 7.85. The predicted molar refractivity (Wildman–Crippen MR) is 276 cm³/mol. The number of aliphatic hydroxyl groups excluding tert-OH is 2. The molecule has 0 spiro atoms. The van der Waals surface area contributed by atoms with Gasteiger partial charge in [0.25, 0.3) is 0 Å². The minimum absolute atomic E-state index is 0.0201. The second-order valence-electron chi connectivity index (χ2n) is 18.9. The molecule has 75 heavy (non-hydrogen) atoms. The lowest BCUT2D eigenvalue weighted by Gasteiger charge is -2.28. The van der Waals surface area contributed by atoms with Crippen LogP contribution in [-0.2, 0) is 54.4 Å². The number of hydrogen-bond acceptors (Lipinski definition) is 17. The highest BCUT2D eigenvalue weighted by atomic mass is 16.3. The van der Waals surface area contributed by atoms with Crippen molar-refractivity contribution in [3.63, 3.8) is 0 Å². The lowest BCUT2D eigenvalue weighted by Crippen LogP contribution is -2.61. The Bertz CT molecular complexity index is 2030. The van der Waals surface area contributed by atoms with E-state index in [1.165, 1.54) is 13.8 Å². The third kappa shape index (κ3) is 23.0. The van der Waals surface area contributed by atoms with Gasteiger partial charge in [-0.2, -0.15) is 0 Å². The Hall–Kier alpha value is -6.36. The summed E-state index contributed by atoms with van der Waals surface area (Å²) in [7, 11) is 1.70. The van der Waals surface area contributed by atoms with E-state index in [9.17, 15) is 58.2 Å². The van der Waals surface area contributed by atoms with E-state index < -0.39 is 139 Å². The highest BCUT2D eigenvalue weighted by Gasteiger charge is 2.37. The van der Waals surface area contributed by atoms with Gasteiger partial charge >= 0.3 is 0 Å². The average Bonchev–Trinajstić information content (AvgIpc) is 3.35. The molecule has 10 amide bonds. The highest BCUT2D eigenvalue weighted by molar-refractivity contribution is 5.99. The van der Waals surface area contributed by atoms with Crippen molar-refractivity contribution in [1.29, 1.82) is 0 Å². The molecule has 2 rings (SSSR count). The van der Waals surface area contributed by atoms with Gasteiger partial charge in [0.1, 0.15) is 54.4 Å². The van der Waals surface area contributed by atoms with Crippen LogP contribution in [-0.4, -0.2) is 182 Å². The number of carbonyl (C=O) groups excluding carboxylic acids is 10. The zero-order chi connectivity index (χ0) is 56.2. The van der Waals surface area contributed by atoms with Crippen LogP contribution in [0.5, 0.6) is 0 Å². The fourth-order valence-electron chi connectivity index (χ4n) is 7.85. The van der Waals surface area contributed by atoms with Crippen LogP contribution in [0, 0.1) is 5.92 Å². The maximum atomic E-state index is 14.4. The number of aliphatic hydroxyl groups is 2. The van der Waals surface area contributed by atoms with Crippen molar-refractivity contribution < 1.29 is 58.2 Å². The molecule has 0 aliphatic carbocycles. The molecule has 1 saturated heterocycles. The molecular formula is C48H83N15O12. The van der Waals surface area contributed by atoms with E-state index in [1.54, 1.807) is 51.2 Å². The monoisotopic (exact) mass is 1060 g/mol. The van der Waals surface area contributed by atoms with Crippen LogP contribution >= 0.6 is 0 Å². The molecule has 0 radical (unpaired) electrons. The van der Waals surface area contributed by atoms with Gasteiger partial charge in [-0.25, -0.2) is 0 Å². The van der Waals surface area contributed by atoms with E-state index in [0.29, 0.717) is 18.5 Å². The van der Waals surface area contributed by atoms with Crippen molar-refractivity contribution in [1.82, 2.24) is 58.5 Å². The summed E-state index contributed by atoms with van der Waals surface area (Å²) in [5.41, 5.74) is 24.0. The topological polar surface area (TPSA) is 448 Å². The molecule has 27 heteroatoms. The molecule has 1 fully saturated rings. The first-order valence-corrected chi connectivity index (χ1v) is 25.5. The van der Waals surface area contributed by atoms with Crippen molar-refractivity contribution in [2.45, 2.75) is 152 Å². The van der Waals surface area contributed by atoms with Crippen LogP contribution in [0.3, 0.4) is 0 Å². The van der Waals surface area contributed by atoms with Crippen molar-refractivity contribution in [2.24, 2.45) is 28.9 Å². The fraction of sp³-hybridized carbons (Fsp3) is 0.667. The molecular weight excluding hydrogens is 979 g/mol. The first-order chi connectivity index (χ1) is 35.6. The molecule has 2 unspecified atom stereocenters. The quantitative estimate of drug-likeness (QED) is 0.0453. The summed E-state index contributed by atoms with van der Waals surface area (Å²) in [5, 5.41) is 49.5. The van der Waals surface area contributed by atoms with Gasteiger partial charge in [0.2, 0.25) is 59.1 Å². The van der Waals surface area contributed by atoms with E-state index in [2.05, 4.69) is 58.5 Å². The van der Waals surface area contributed by atoms with E-state index in [0.717, 1.165) is 0 Å². The smallest absolute Gasteiger partial charge is 0.245 e. The van der Waals surface area contributed by atoms with E-state index in [4.69, 9.17) is 22.9 Å². The normalized spacial score (nSPS) is 23.6. The molecule has 1 aliphatic rings. The zero-order valence-electron chi connectivity index (χ0n) is 43.7. The Morgan fingerprint density at radius 2 is 1.15 bits per heavy atom. The summed E-state index contributed by atoms with van der Waals surface area (Å²) in [4.78, 5) is 139. The second kappa shape index (κ2) is 34.3. The Kier molecular flexibility index (Phi) is 29.6. The van der Waals surface area contributed by atoms with Crippen molar-refractivity contribution >= 4 is 59.1 Å². The van der Waals surface area contributed by atoms with Crippen molar-refractivity contribution in [3.8, 4) is 0 Å². The zero-order valence-corrected chi connectivity index (χ0v) is 43.7. The lowest BCUT2D eigenvalue weighted by atomic mass is 10.00. The molecule has 11 atom stereocenters. The summed E-state index contributed by atoms with van der Waals surface area (Å²) in [5.74, 6) is -8.90. The van der Waals surface area contributed by atoms with E-state index >= 15 is 0 Å². The summed E-state index contributed by atoms with van der Waals surface area (Å²) in [6.07, 6.45) is -3.65. The summed E-state index contributed by atoms with van der Waals surface area (Å²) < 4.78 is 0. The van der Waals surface area contributed by atoms with Gasteiger partial charge in [0.15, 0.2) is 0 Å². The first kappa shape index (κ1) is 64.8. The molecule has 0 aromatic heterocycles. The molecule has 0 saturated carbocycles. The first-order valence-electron chi connectivity index (χ1n) is 25.5. The van der Waals surface area contributed by atoms with Crippen LogP contribution in [0.15, 0.2) is 30.3 Å². The summed E-state index contributed by atoms with van der Waals surface area (Å²) in [6, 6.07) is -4.50. The van der Waals surface area contributed by atoms with Gasteiger partial charge in [0, 0.05) is 19.4 Å². The van der Waals surface area contributed by atoms with Gasteiger partial charge in [-0.15, -0.1) is 0 Å². The number of amides is 10. The van der Waals surface area contributed by atoms with E-state index in [1.807, 2.05) is 0 Å². The molecule has 1 aromatic rings. The molecule has 1 aromatic carbocycles. The highest BCUT2D eigenvalue weighted by Crippen LogP contribution is 2.11. The van der Waals surface area contributed by atoms with Gasteiger partial charge in [-0.1, -0.05) is 44.2 Å². The van der Waals surface area contributed by atoms with Crippen LogP contribution in [0.25, 0.3) is 0 Å². The Labute approximate surface area is 437 Å². The maximum Gasteiger partial charge on any atom is 0.245 e. The van der Waals surface area contributed by atoms with Crippen LogP contribution in [0.4, 0.5) is 0 Å². The molecule has 21 N–H and O–H groups in total. The van der Waals surface area contributed by atoms with Crippen LogP contribution < -0.4 is 81.4 Å². The molecule has 27 nitrogen and oxygen atoms in total. The summed E-state index contributed by atoms with van der Waals surface area (Å²) in [6.45, 7) is 5.56. The standard InChI is InChI=1S/C48H83N15O12/c1-26(2)24-35-45(72)57-30(13-18-49)40(67)56-33(16-21-52)44(71)63-38(27(3)64)47(74)54-23-17-34(58-41(68)32(15-20-51)59-48(75)39(28(4)65)62-37(66)12-9-22-53-5)43(70)55-31(14-19-50)42(69)61-36(46(73)60-35)25-29-10-7-6-8-11-29/h6-8,10-11,26-28,30-36,38-39,53,64-65H,9,12-25,49-52H2,1-5H3,(H,54,74)(H,55,70)(H,56,67)(H,57,72)(H,58,68)(H,59,75)(H,60,73)(H,61,69)(H,62,66)(H,63,71)/t27?,28?,30-,31-,32-,33-,34-,35-,36+,38-,39-/m0/s1. The number of hydrogen-bond donors (Lipinski definition) is 17. The van der Waals surface area contributed by atoms with Crippen molar-refractivity contribution in [3.05, 3.63) is 35.9 Å².